The van der Waals surface area contributed by atoms with Crippen molar-refractivity contribution in [2.75, 3.05) is 5.73 Å². The van der Waals surface area contributed by atoms with E-state index in [1.807, 2.05) is 30.3 Å². The minimum absolute atomic E-state index is 0.238. The van der Waals surface area contributed by atoms with Crippen molar-refractivity contribution in [2.45, 2.75) is 9.79 Å². The first-order valence-electron chi connectivity index (χ1n) is 5.81. The molecule has 0 aliphatic heterocycles. The lowest BCUT2D eigenvalue weighted by Crippen LogP contribution is -1.92. The first-order chi connectivity index (χ1) is 9.25. The number of fused-ring (bicyclic) bond motifs is 1. The van der Waals surface area contributed by atoms with Crippen LogP contribution in [0.25, 0.3) is 10.9 Å². The third-order valence-electron chi connectivity index (χ3n) is 2.84. The number of nitrogen functional groups attached to an aromatic ring is 1. The molecule has 0 saturated carbocycles. The van der Waals surface area contributed by atoms with E-state index in [1.165, 1.54) is 17.8 Å². The molecule has 0 fully saturated rings. The number of pyridine rings is 1. The molecule has 1 aromatic heterocycles. The Hall–Kier alpha value is -2.07. The molecule has 0 unspecified atom stereocenters. The smallest absolute Gasteiger partial charge is 0.137 e. The van der Waals surface area contributed by atoms with Gasteiger partial charge in [-0.1, -0.05) is 23.9 Å². The average molecular weight is 270 g/mol. The number of rotatable bonds is 2. The summed E-state index contributed by atoms with van der Waals surface area (Å²) in [5.41, 5.74) is 7.62. The quantitative estimate of drug-likeness (QED) is 0.712. The zero-order valence-electron chi connectivity index (χ0n) is 10.0. The van der Waals surface area contributed by atoms with E-state index in [4.69, 9.17) is 5.73 Å². The van der Waals surface area contributed by atoms with Crippen LogP contribution < -0.4 is 5.73 Å². The molecule has 2 nitrogen and oxygen atoms in total. The molecule has 0 aliphatic rings. The highest BCUT2D eigenvalue weighted by Gasteiger charge is 2.09. The van der Waals surface area contributed by atoms with Crippen molar-refractivity contribution in [2.24, 2.45) is 0 Å². The summed E-state index contributed by atoms with van der Waals surface area (Å²) in [6.07, 6.45) is 1.73. The van der Waals surface area contributed by atoms with Crippen molar-refractivity contribution in [1.82, 2.24) is 4.98 Å². The molecule has 0 aliphatic carbocycles. The van der Waals surface area contributed by atoms with E-state index in [0.717, 1.165) is 15.8 Å². The van der Waals surface area contributed by atoms with Crippen molar-refractivity contribution in [3.05, 3.63) is 60.5 Å². The van der Waals surface area contributed by atoms with Crippen molar-refractivity contribution in [3.8, 4) is 0 Å². The summed E-state index contributed by atoms with van der Waals surface area (Å²) in [7, 11) is 0. The maximum absolute atomic E-state index is 13.6. The van der Waals surface area contributed by atoms with Crippen molar-refractivity contribution >= 4 is 28.4 Å². The number of halogens is 1. The fourth-order valence-corrected chi connectivity index (χ4v) is 2.80. The molecule has 0 spiro atoms. The number of anilines is 1. The fourth-order valence-electron chi connectivity index (χ4n) is 1.89. The fraction of sp³-hybridized carbons (Fsp3) is 0. The maximum Gasteiger partial charge on any atom is 0.137 e. The number of benzene rings is 2. The third-order valence-corrected chi connectivity index (χ3v) is 3.97. The Labute approximate surface area is 114 Å². The molecule has 0 amide bonds. The Morgan fingerprint density at radius 1 is 0.947 bits per heavy atom. The Kier molecular flexibility index (Phi) is 3.09. The summed E-state index contributed by atoms with van der Waals surface area (Å²) >= 11 is 1.33. The lowest BCUT2D eigenvalue weighted by molar-refractivity contribution is 0.602. The second-order valence-corrected chi connectivity index (χ2v) is 5.16. The molecule has 0 saturated heterocycles. The van der Waals surface area contributed by atoms with Gasteiger partial charge >= 0.3 is 0 Å². The Morgan fingerprint density at radius 2 is 1.79 bits per heavy atom. The van der Waals surface area contributed by atoms with E-state index in [1.54, 1.807) is 18.3 Å². The van der Waals surface area contributed by atoms with Crippen LogP contribution in [0.2, 0.25) is 0 Å². The number of nitrogens with zero attached hydrogens (tertiary/aromatic N) is 1. The second kappa shape index (κ2) is 4.90. The number of aromatic nitrogens is 1. The van der Waals surface area contributed by atoms with Gasteiger partial charge in [-0.2, -0.15) is 0 Å². The minimum atomic E-state index is -0.238. The summed E-state index contributed by atoms with van der Waals surface area (Å²) in [5.74, 6) is -0.238. The lowest BCUT2D eigenvalue weighted by atomic mass is 10.2. The summed E-state index contributed by atoms with van der Waals surface area (Å²) in [6.45, 7) is 0. The van der Waals surface area contributed by atoms with Crippen LogP contribution in [0.1, 0.15) is 0 Å². The monoisotopic (exact) mass is 270 g/mol. The predicted octanol–water partition coefficient (Wildman–Crippen LogP) is 4.11. The Balaban J connectivity index is 2.07. The predicted molar refractivity (Wildman–Crippen MR) is 76.7 cm³/mol. The van der Waals surface area contributed by atoms with E-state index in [-0.39, 0.29) is 5.82 Å². The van der Waals surface area contributed by atoms with Gasteiger partial charge in [-0.25, -0.2) is 4.39 Å². The van der Waals surface area contributed by atoms with Gasteiger partial charge in [0.15, 0.2) is 0 Å². The topological polar surface area (TPSA) is 38.9 Å². The van der Waals surface area contributed by atoms with Gasteiger partial charge in [-0.3, -0.25) is 4.98 Å². The molecule has 0 radical (unpaired) electrons. The number of nitrogens with two attached hydrogens (primary N) is 1. The number of hydrogen-bond acceptors (Lipinski definition) is 3. The first kappa shape index (κ1) is 12.0. The van der Waals surface area contributed by atoms with Gasteiger partial charge in [-0.15, -0.1) is 0 Å². The summed E-state index contributed by atoms with van der Waals surface area (Å²) < 4.78 is 13.6. The van der Waals surface area contributed by atoms with Crippen LogP contribution in [-0.2, 0) is 0 Å². The summed E-state index contributed by atoms with van der Waals surface area (Å²) in [5, 5.41) is 0.892. The van der Waals surface area contributed by atoms with E-state index < -0.39 is 0 Å². The van der Waals surface area contributed by atoms with E-state index >= 15 is 0 Å². The van der Waals surface area contributed by atoms with Gasteiger partial charge in [0.25, 0.3) is 0 Å². The highest BCUT2D eigenvalue weighted by Crippen LogP contribution is 2.36. The minimum Gasteiger partial charge on any atom is -0.397 e. The zero-order valence-corrected chi connectivity index (χ0v) is 10.8. The highest BCUT2D eigenvalue weighted by molar-refractivity contribution is 7.99. The number of hydrogen-bond donors (Lipinski definition) is 1. The molecule has 3 rings (SSSR count). The van der Waals surface area contributed by atoms with Crippen LogP contribution in [0.5, 0.6) is 0 Å². The van der Waals surface area contributed by atoms with E-state index in [9.17, 15) is 4.39 Å². The molecule has 0 bridgehead atoms. The zero-order chi connectivity index (χ0) is 13.2. The standard InChI is InChI=1S/C15H11FN2S/c16-11-5-1-2-6-13(11)19-14-8-7-12-10(15(14)17)4-3-9-18-12/h1-9H,17H2. The van der Waals surface area contributed by atoms with Gasteiger partial charge < -0.3 is 5.73 Å². The molecule has 94 valence electrons. The summed E-state index contributed by atoms with van der Waals surface area (Å²) in [4.78, 5) is 5.65. The highest BCUT2D eigenvalue weighted by atomic mass is 32.2. The molecule has 4 heteroatoms. The summed E-state index contributed by atoms with van der Waals surface area (Å²) in [6, 6.07) is 14.2. The first-order valence-corrected chi connectivity index (χ1v) is 6.63. The molecule has 2 aromatic carbocycles. The lowest BCUT2D eigenvalue weighted by Gasteiger charge is -2.08. The third kappa shape index (κ3) is 2.27. The molecule has 2 N–H and O–H groups in total. The molecular weight excluding hydrogens is 259 g/mol. The normalized spacial score (nSPS) is 10.8. The van der Waals surface area contributed by atoms with Crippen LogP contribution in [0.15, 0.2) is 64.5 Å². The van der Waals surface area contributed by atoms with Crippen molar-refractivity contribution in [3.63, 3.8) is 0 Å². The van der Waals surface area contributed by atoms with Gasteiger partial charge in [0.2, 0.25) is 0 Å². The van der Waals surface area contributed by atoms with Crippen LogP contribution in [0.4, 0.5) is 10.1 Å². The van der Waals surface area contributed by atoms with Crippen LogP contribution >= 0.6 is 11.8 Å². The van der Waals surface area contributed by atoms with Gasteiger partial charge in [0, 0.05) is 21.4 Å². The van der Waals surface area contributed by atoms with Crippen molar-refractivity contribution < 1.29 is 4.39 Å². The van der Waals surface area contributed by atoms with Crippen LogP contribution in [0.3, 0.4) is 0 Å². The average Bonchev–Trinajstić information content (AvgIpc) is 2.44. The Bertz CT molecular complexity index is 743. The largest absolute Gasteiger partial charge is 0.397 e. The SMILES string of the molecule is Nc1c(Sc2ccccc2F)ccc2ncccc12. The van der Waals surface area contributed by atoms with E-state index in [0.29, 0.717) is 10.6 Å². The Morgan fingerprint density at radius 3 is 2.63 bits per heavy atom. The maximum atomic E-state index is 13.6. The van der Waals surface area contributed by atoms with Crippen molar-refractivity contribution in [1.29, 1.82) is 0 Å². The molecule has 0 atom stereocenters. The molecular formula is C15H11FN2S. The van der Waals surface area contributed by atoms with Crippen LogP contribution in [-0.4, -0.2) is 4.98 Å². The van der Waals surface area contributed by atoms with Gasteiger partial charge in [0.05, 0.1) is 11.2 Å². The van der Waals surface area contributed by atoms with Gasteiger partial charge in [-0.05, 0) is 36.4 Å². The molecule has 19 heavy (non-hydrogen) atoms. The van der Waals surface area contributed by atoms with Gasteiger partial charge in [0.1, 0.15) is 5.82 Å². The molecule has 3 aromatic rings. The van der Waals surface area contributed by atoms with Crippen LogP contribution in [0, 0.1) is 5.82 Å². The van der Waals surface area contributed by atoms with E-state index in [2.05, 4.69) is 4.98 Å². The second-order valence-electron chi connectivity index (χ2n) is 4.08. The molecule has 1 heterocycles.